The van der Waals surface area contributed by atoms with Crippen LogP contribution in [-0.4, -0.2) is 30.9 Å². The van der Waals surface area contributed by atoms with Gasteiger partial charge in [-0.3, -0.25) is 4.79 Å². The summed E-state index contributed by atoms with van der Waals surface area (Å²) < 4.78 is 0. The molecule has 1 amide bonds. The second-order valence-corrected chi connectivity index (χ2v) is 6.16. The number of hydrogen-bond acceptors (Lipinski definition) is 2. The summed E-state index contributed by atoms with van der Waals surface area (Å²) in [5.74, 6) is 0.460. The molecule has 0 radical (unpaired) electrons. The minimum Gasteiger partial charge on any atom is -0.345 e. The van der Waals surface area contributed by atoms with Crippen molar-refractivity contribution in [3.63, 3.8) is 0 Å². The van der Waals surface area contributed by atoms with Crippen LogP contribution < -0.4 is 5.73 Å². The molecule has 0 saturated carbocycles. The van der Waals surface area contributed by atoms with E-state index in [0.29, 0.717) is 12.5 Å². The maximum Gasteiger partial charge on any atom is 0.226 e. The van der Waals surface area contributed by atoms with Gasteiger partial charge in [0.2, 0.25) is 5.91 Å². The standard InChI is InChI=1S/C13H28N2O/c1-10(2)11(9-14)12(16)15(6)8-7-13(3,4)5/h10-11H,7-9,14H2,1-6H3. The summed E-state index contributed by atoms with van der Waals surface area (Å²) in [6, 6.07) is 0. The fraction of sp³-hybridized carbons (Fsp3) is 0.923. The zero-order chi connectivity index (χ0) is 12.9. The van der Waals surface area contributed by atoms with E-state index in [-0.39, 0.29) is 17.2 Å². The van der Waals surface area contributed by atoms with E-state index >= 15 is 0 Å². The lowest BCUT2D eigenvalue weighted by Gasteiger charge is -2.28. The van der Waals surface area contributed by atoms with Crippen molar-refractivity contribution < 1.29 is 4.79 Å². The van der Waals surface area contributed by atoms with Crippen molar-refractivity contribution in [2.45, 2.75) is 41.0 Å². The summed E-state index contributed by atoms with van der Waals surface area (Å²) in [5, 5.41) is 0. The summed E-state index contributed by atoms with van der Waals surface area (Å²) in [7, 11) is 1.87. The first kappa shape index (κ1) is 15.4. The van der Waals surface area contributed by atoms with Gasteiger partial charge in [-0.2, -0.15) is 0 Å². The molecule has 1 unspecified atom stereocenters. The minimum atomic E-state index is -0.0371. The average Bonchev–Trinajstić information content (AvgIpc) is 2.13. The predicted octanol–water partition coefficient (Wildman–Crippen LogP) is 2.11. The van der Waals surface area contributed by atoms with E-state index < -0.39 is 0 Å². The van der Waals surface area contributed by atoms with Crippen molar-refractivity contribution in [2.75, 3.05) is 20.1 Å². The summed E-state index contributed by atoms with van der Waals surface area (Å²) >= 11 is 0. The predicted molar refractivity (Wildman–Crippen MR) is 69.1 cm³/mol. The van der Waals surface area contributed by atoms with Gasteiger partial charge < -0.3 is 10.6 Å². The molecule has 0 saturated heterocycles. The SMILES string of the molecule is CC(C)C(CN)C(=O)N(C)CCC(C)(C)C. The van der Waals surface area contributed by atoms with Crippen LogP contribution in [0.15, 0.2) is 0 Å². The van der Waals surface area contributed by atoms with Crippen LogP contribution in [-0.2, 0) is 4.79 Å². The lowest BCUT2D eigenvalue weighted by atomic mass is 9.91. The molecule has 0 heterocycles. The van der Waals surface area contributed by atoms with E-state index in [9.17, 15) is 4.79 Å². The van der Waals surface area contributed by atoms with Crippen molar-refractivity contribution in [2.24, 2.45) is 23.0 Å². The van der Waals surface area contributed by atoms with Crippen molar-refractivity contribution in [1.29, 1.82) is 0 Å². The maximum absolute atomic E-state index is 12.1. The third-order valence-electron chi connectivity index (χ3n) is 2.95. The molecule has 0 aliphatic heterocycles. The lowest BCUT2D eigenvalue weighted by molar-refractivity contribution is -0.135. The van der Waals surface area contributed by atoms with E-state index in [4.69, 9.17) is 5.73 Å². The highest BCUT2D eigenvalue weighted by molar-refractivity contribution is 5.79. The number of carbonyl (C=O) groups excluding carboxylic acids is 1. The number of nitrogens with two attached hydrogens (primary N) is 1. The molecule has 0 aliphatic carbocycles. The van der Waals surface area contributed by atoms with Gasteiger partial charge in [0, 0.05) is 20.1 Å². The average molecular weight is 228 g/mol. The number of nitrogens with zero attached hydrogens (tertiary/aromatic N) is 1. The molecule has 3 nitrogen and oxygen atoms in total. The van der Waals surface area contributed by atoms with E-state index in [0.717, 1.165) is 13.0 Å². The number of hydrogen-bond donors (Lipinski definition) is 1. The number of rotatable bonds is 5. The van der Waals surface area contributed by atoms with Gasteiger partial charge in [-0.15, -0.1) is 0 Å². The fourth-order valence-electron chi connectivity index (χ4n) is 1.55. The van der Waals surface area contributed by atoms with Gasteiger partial charge in [-0.05, 0) is 17.8 Å². The molecule has 0 rings (SSSR count). The molecule has 0 aliphatic rings. The van der Waals surface area contributed by atoms with Crippen molar-refractivity contribution in [1.82, 2.24) is 4.90 Å². The second kappa shape index (κ2) is 6.24. The summed E-state index contributed by atoms with van der Waals surface area (Å²) in [6.07, 6.45) is 1.02. The molecule has 1 atom stereocenters. The quantitative estimate of drug-likeness (QED) is 0.783. The van der Waals surface area contributed by atoms with Crippen LogP contribution in [0, 0.1) is 17.3 Å². The third kappa shape index (κ3) is 5.50. The molecule has 0 aromatic heterocycles. The molecule has 0 spiro atoms. The Labute approximate surface area is 100 Å². The van der Waals surface area contributed by atoms with Crippen molar-refractivity contribution in [3.05, 3.63) is 0 Å². The Morgan fingerprint density at radius 1 is 1.31 bits per heavy atom. The Bertz CT molecular complexity index is 218. The zero-order valence-corrected chi connectivity index (χ0v) is 11.7. The summed E-state index contributed by atoms with van der Waals surface area (Å²) in [6.45, 7) is 11.9. The van der Waals surface area contributed by atoms with Gasteiger partial charge in [0.05, 0.1) is 5.92 Å². The molecule has 0 bridgehead atoms. The highest BCUT2D eigenvalue weighted by Crippen LogP contribution is 2.19. The van der Waals surface area contributed by atoms with Crippen LogP contribution in [0.4, 0.5) is 0 Å². The molecule has 0 fully saturated rings. The van der Waals surface area contributed by atoms with Gasteiger partial charge in [-0.1, -0.05) is 34.6 Å². The highest BCUT2D eigenvalue weighted by Gasteiger charge is 2.24. The smallest absolute Gasteiger partial charge is 0.226 e. The molecule has 0 aromatic carbocycles. The second-order valence-electron chi connectivity index (χ2n) is 6.16. The van der Waals surface area contributed by atoms with Crippen LogP contribution in [0.2, 0.25) is 0 Å². The first-order chi connectivity index (χ1) is 7.19. The maximum atomic E-state index is 12.1. The monoisotopic (exact) mass is 228 g/mol. The Kier molecular flexibility index (Phi) is 6.01. The molecule has 0 aromatic rings. The van der Waals surface area contributed by atoms with Crippen LogP contribution in [0.3, 0.4) is 0 Å². The van der Waals surface area contributed by atoms with Crippen molar-refractivity contribution >= 4 is 5.91 Å². The fourth-order valence-corrected chi connectivity index (χ4v) is 1.55. The van der Waals surface area contributed by atoms with Gasteiger partial charge in [-0.25, -0.2) is 0 Å². The largest absolute Gasteiger partial charge is 0.345 e. The van der Waals surface area contributed by atoms with Crippen LogP contribution in [0.5, 0.6) is 0 Å². The van der Waals surface area contributed by atoms with Crippen LogP contribution in [0.1, 0.15) is 41.0 Å². The Hall–Kier alpha value is -0.570. The van der Waals surface area contributed by atoms with Gasteiger partial charge >= 0.3 is 0 Å². The first-order valence-electron chi connectivity index (χ1n) is 6.14. The van der Waals surface area contributed by atoms with Gasteiger partial charge in [0.1, 0.15) is 0 Å². The molecule has 16 heavy (non-hydrogen) atoms. The molecule has 3 heteroatoms. The van der Waals surface area contributed by atoms with Crippen LogP contribution in [0.25, 0.3) is 0 Å². The number of carbonyl (C=O) groups is 1. The zero-order valence-electron chi connectivity index (χ0n) is 11.7. The summed E-state index contributed by atoms with van der Waals surface area (Å²) in [4.78, 5) is 13.9. The van der Waals surface area contributed by atoms with Gasteiger partial charge in [0.25, 0.3) is 0 Å². The Morgan fingerprint density at radius 3 is 2.12 bits per heavy atom. The van der Waals surface area contributed by atoms with Crippen LogP contribution >= 0.6 is 0 Å². The normalized spacial score (nSPS) is 14.0. The number of amides is 1. The van der Waals surface area contributed by atoms with E-state index in [2.05, 4.69) is 20.8 Å². The first-order valence-corrected chi connectivity index (χ1v) is 6.14. The van der Waals surface area contributed by atoms with Gasteiger partial charge in [0.15, 0.2) is 0 Å². The molecular formula is C13H28N2O. The Balaban J connectivity index is 4.27. The third-order valence-corrected chi connectivity index (χ3v) is 2.95. The topological polar surface area (TPSA) is 46.3 Å². The molecule has 96 valence electrons. The molecular weight excluding hydrogens is 200 g/mol. The highest BCUT2D eigenvalue weighted by atomic mass is 16.2. The molecule has 2 N–H and O–H groups in total. The Morgan fingerprint density at radius 2 is 1.81 bits per heavy atom. The van der Waals surface area contributed by atoms with E-state index in [1.54, 1.807) is 0 Å². The lowest BCUT2D eigenvalue weighted by Crippen LogP contribution is -2.40. The van der Waals surface area contributed by atoms with E-state index in [1.165, 1.54) is 0 Å². The van der Waals surface area contributed by atoms with E-state index in [1.807, 2.05) is 25.8 Å². The minimum absolute atomic E-state index is 0.0371. The summed E-state index contributed by atoms with van der Waals surface area (Å²) in [5.41, 5.74) is 5.92. The van der Waals surface area contributed by atoms with Crippen molar-refractivity contribution in [3.8, 4) is 0 Å².